The van der Waals surface area contributed by atoms with Crippen LogP contribution < -0.4 is 11.1 Å². The normalized spacial score (nSPS) is 12.1. The lowest BCUT2D eigenvalue weighted by Crippen LogP contribution is -2.19. The van der Waals surface area contributed by atoms with Gasteiger partial charge in [-0.25, -0.2) is 9.07 Å². The Morgan fingerprint density at radius 1 is 1.43 bits per heavy atom. The molecule has 1 unspecified atom stereocenters. The van der Waals surface area contributed by atoms with Gasteiger partial charge in [0.05, 0.1) is 17.9 Å². The molecule has 0 fully saturated rings. The van der Waals surface area contributed by atoms with Gasteiger partial charge in [0.2, 0.25) is 5.91 Å². The molecule has 1 heterocycles. The van der Waals surface area contributed by atoms with Crippen molar-refractivity contribution in [3.63, 3.8) is 0 Å². The number of hydrogen-bond donors (Lipinski definition) is 2. The van der Waals surface area contributed by atoms with Crippen LogP contribution in [0.2, 0.25) is 0 Å². The van der Waals surface area contributed by atoms with E-state index in [1.807, 2.05) is 6.92 Å². The average Bonchev–Trinajstić information content (AvgIpc) is 2.90. The maximum Gasteiger partial charge on any atom is 0.246 e. The van der Waals surface area contributed by atoms with Gasteiger partial charge in [0.1, 0.15) is 12.4 Å². The van der Waals surface area contributed by atoms with Crippen molar-refractivity contribution in [2.75, 3.05) is 5.32 Å². The first-order valence-electron chi connectivity index (χ1n) is 6.79. The molecule has 0 aliphatic rings. The van der Waals surface area contributed by atoms with Crippen LogP contribution in [0, 0.1) is 5.82 Å². The van der Waals surface area contributed by atoms with Gasteiger partial charge in [-0.15, -0.1) is 5.10 Å². The summed E-state index contributed by atoms with van der Waals surface area (Å²) in [5.74, 6) is -0.610. The minimum atomic E-state index is -0.348. The van der Waals surface area contributed by atoms with Gasteiger partial charge < -0.3 is 11.1 Å². The Balaban J connectivity index is 1.92. The highest BCUT2D eigenvalue weighted by atomic mass is 19.1. The maximum atomic E-state index is 12.8. The first-order valence-corrected chi connectivity index (χ1v) is 6.79. The third-order valence-electron chi connectivity index (χ3n) is 2.97. The highest BCUT2D eigenvalue weighted by Gasteiger charge is 2.11. The minimum Gasteiger partial charge on any atom is -0.324 e. The van der Waals surface area contributed by atoms with Crippen LogP contribution in [0.1, 0.15) is 31.5 Å². The van der Waals surface area contributed by atoms with Gasteiger partial charge in [-0.1, -0.05) is 18.6 Å². The van der Waals surface area contributed by atoms with Crippen LogP contribution in [0.3, 0.4) is 0 Å². The molecule has 6 nitrogen and oxygen atoms in total. The predicted octanol–water partition coefficient (Wildman–Crippen LogP) is 1.86. The molecule has 112 valence electrons. The van der Waals surface area contributed by atoms with E-state index < -0.39 is 0 Å². The van der Waals surface area contributed by atoms with Crippen molar-refractivity contribution >= 4 is 11.6 Å². The molecule has 1 aromatic carbocycles. The minimum absolute atomic E-state index is 0.0310. The first-order chi connectivity index (χ1) is 10.1. The SMILES string of the molecule is CCCC(N)c1cn(CC(=O)Nc2ccc(F)cc2)nn1. The largest absolute Gasteiger partial charge is 0.324 e. The number of halogens is 1. The first kappa shape index (κ1) is 15.1. The number of rotatable bonds is 6. The number of carbonyl (C=O) groups is 1. The number of anilines is 1. The monoisotopic (exact) mass is 291 g/mol. The van der Waals surface area contributed by atoms with E-state index in [1.165, 1.54) is 28.9 Å². The van der Waals surface area contributed by atoms with Crippen LogP contribution in [0.5, 0.6) is 0 Å². The summed E-state index contributed by atoms with van der Waals surface area (Å²) in [6.45, 7) is 2.07. The second-order valence-electron chi connectivity index (χ2n) is 4.79. The number of aromatic nitrogens is 3. The molecule has 0 saturated heterocycles. The molecule has 0 aliphatic heterocycles. The second kappa shape index (κ2) is 6.94. The van der Waals surface area contributed by atoms with Crippen LogP contribution in [0.25, 0.3) is 0 Å². The number of nitrogens with two attached hydrogens (primary N) is 1. The summed E-state index contributed by atoms with van der Waals surface area (Å²) < 4.78 is 14.2. The molecule has 0 aliphatic carbocycles. The zero-order chi connectivity index (χ0) is 15.2. The standard InChI is InChI=1S/C14H18FN5O/c1-2-3-12(16)13-8-20(19-18-13)9-14(21)17-11-6-4-10(15)5-7-11/h4-8,12H,2-3,9,16H2,1H3,(H,17,21). The fourth-order valence-corrected chi connectivity index (χ4v) is 1.90. The molecule has 0 radical (unpaired) electrons. The maximum absolute atomic E-state index is 12.8. The topological polar surface area (TPSA) is 85.8 Å². The van der Waals surface area contributed by atoms with Crippen LogP contribution in [-0.2, 0) is 11.3 Å². The van der Waals surface area contributed by atoms with E-state index in [2.05, 4.69) is 15.6 Å². The number of nitrogens with one attached hydrogen (secondary N) is 1. The average molecular weight is 291 g/mol. The molecule has 1 amide bonds. The van der Waals surface area contributed by atoms with Crippen molar-refractivity contribution in [3.05, 3.63) is 42.0 Å². The second-order valence-corrected chi connectivity index (χ2v) is 4.79. The van der Waals surface area contributed by atoms with Gasteiger partial charge in [-0.05, 0) is 30.7 Å². The highest BCUT2D eigenvalue weighted by molar-refractivity contribution is 5.90. The van der Waals surface area contributed by atoms with Crippen LogP contribution in [0.15, 0.2) is 30.5 Å². The van der Waals surface area contributed by atoms with Gasteiger partial charge in [0.25, 0.3) is 0 Å². The van der Waals surface area contributed by atoms with Crippen molar-refractivity contribution < 1.29 is 9.18 Å². The zero-order valence-electron chi connectivity index (χ0n) is 11.8. The molecular formula is C14H18FN5O. The van der Waals surface area contributed by atoms with Crippen LogP contribution in [0.4, 0.5) is 10.1 Å². The van der Waals surface area contributed by atoms with Gasteiger partial charge >= 0.3 is 0 Å². The molecule has 1 aromatic heterocycles. The van der Waals surface area contributed by atoms with Crippen molar-refractivity contribution in [1.82, 2.24) is 15.0 Å². The summed E-state index contributed by atoms with van der Waals surface area (Å²) in [4.78, 5) is 11.8. The Bertz CT molecular complexity index is 596. The Morgan fingerprint density at radius 3 is 2.81 bits per heavy atom. The number of nitrogens with zero attached hydrogens (tertiary/aromatic N) is 3. The van der Waals surface area contributed by atoms with E-state index in [0.29, 0.717) is 11.4 Å². The lowest BCUT2D eigenvalue weighted by molar-refractivity contribution is -0.116. The smallest absolute Gasteiger partial charge is 0.246 e. The molecule has 0 saturated carbocycles. The molecule has 7 heteroatoms. The van der Waals surface area contributed by atoms with Gasteiger partial charge in [0.15, 0.2) is 0 Å². The molecule has 0 bridgehead atoms. The Kier molecular flexibility index (Phi) is 4.99. The quantitative estimate of drug-likeness (QED) is 0.850. The van der Waals surface area contributed by atoms with Crippen LogP contribution in [-0.4, -0.2) is 20.9 Å². The Morgan fingerprint density at radius 2 is 2.14 bits per heavy atom. The molecule has 2 aromatic rings. The summed E-state index contributed by atoms with van der Waals surface area (Å²) >= 11 is 0. The van der Waals surface area contributed by atoms with E-state index in [-0.39, 0.29) is 24.3 Å². The third-order valence-corrected chi connectivity index (χ3v) is 2.97. The van der Waals surface area contributed by atoms with Crippen molar-refractivity contribution in [3.8, 4) is 0 Å². The number of carbonyl (C=O) groups excluding carboxylic acids is 1. The number of hydrogen-bond acceptors (Lipinski definition) is 4. The zero-order valence-corrected chi connectivity index (χ0v) is 11.8. The Hall–Kier alpha value is -2.28. The molecule has 1 atom stereocenters. The van der Waals surface area contributed by atoms with E-state index in [1.54, 1.807) is 6.20 Å². The molecule has 2 rings (SSSR count). The van der Waals surface area contributed by atoms with Gasteiger partial charge in [-0.2, -0.15) is 0 Å². The summed E-state index contributed by atoms with van der Waals surface area (Å²) in [6, 6.07) is 5.40. The molecular weight excluding hydrogens is 273 g/mol. The van der Waals surface area contributed by atoms with Crippen molar-refractivity contribution in [2.45, 2.75) is 32.4 Å². The number of amides is 1. The van der Waals surface area contributed by atoms with Crippen LogP contribution >= 0.6 is 0 Å². The van der Waals surface area contributed by atoms with Crippen molar-refractivity contribution in [1.29, 1.82) is 0 Å². The van der Waals surface area contributed by atoms with E-state index >= 15 is 0 Å². The lowest BCUT2D eigenvalue weighted by Gasteiger charge is -2.05. The number of benzene rings is 1. The lowest BCUT2D eigenvalue weighted by atomic mass is 10.1. The summed E-state index contributed by atoms with van der Waals surface area (Å²) in [5, 5.41) is 10.5. The molecule has 3 N–H and O–H groups in total. The summed E-state index contributed by atoms with van der Waals surface area (Å²) in [5.41, 5.74) is 7.14. The van der Waals surface area contributed by atoms with E-state index in [9.17, 15) is 9.18 Å². The fourth-order valence-electron chi connectivity index (χ4n) is 1.90. The third kappa shape index (κ3) is 4.35. The van der Waals surface area contributed by atoms with E-state index in [0.717, 1.165) is 12.8 Å². The highest BCUT2D eigenvalue weighted by Crippen LogP contribution is 2.12. The van der Waals surface area contributed by atoms with Crippen molar-refractivity contribution in [2.24, 2.45) is 5.73 Å². The summed E-state index contributed by atoms with van der Waals surface area (Å²) in [7, 11) is 0. The molecule has 0 spiro atoms. The Labute approximate surface area is 122 Å². The predicted molar refractivity (Wildman–Crippen MR) is 76.9 cm³/mol. The fraction of sp³-hybridized carbons (Fsp3) is 0.357. The van der Waals surface area contributed by atoms with Gasteiger partial charge in [0, 0.05) is 5.69 Å². The van der Waals surface area contributed by atoms with Gasteiger partial charge in [-0.3, -0.25) is 4.79 Å². The van der Waals surface area contributed by atoms with E-state index in [4.69, 9.17) is 5.73 Å². The summed E-state index contributed by atoms with van der Waals surface area (Å²) in [6.07, 6.45) is 3.45. The molecule has 21 heavy (non-hydrogen) atoms.